The molecule has 0 fully saturated rings. The molecule has 6 nitrogen and oxygen atoms in total. The Hall–Kier alpha value is -1.51. The molecule has 0 unspecified atom stereocenters. The SMILES string of the molecule is CCCCCN=C(NCC)NCCNC(=O)c1ccc(O)cc1.I. The number of amides is 1. The van der Waals surface area contributed by atoms with Gasteiger partial charge in [-0.15, -0.1) is 24.0 Å². The summed E-state index contributed by atoms with van der Waals surface area (Å²) in [6.07, 6.45) is 3.46. The molecule has 0 aliphatic rings. The molecular formula is C17H29IN4O2. The lowest BCUT2D eigenvalue weighted by atomic mass is 10.2. The van der Waals surface area contributed by atoms with E-state index in [9.17, 15) is 9.90 Å². The minimum atomic E-state index is -0.156. The zero-order valence-electron chi connectivity index (χ0n) is 14.5. The number of hydrogen-bond donors (Lipinski definition) is 4. The van der Waals surface area contributed by atoms with Crippen LogP contribution in [0.4, 0.5) is 0 Å². The number of rotatable bonds is 9. The first-order valence-electron chi connectivity index (χ1n) is 8.26. The fourth-order valence-corrected chi connectivity index (χ4v) is 1.97. The van der Waals surface area contributed by atoms with Crippen LogP contribution in [-0.2, 0) is 0 Å². The van der Waals surface area contributed by atoms with Crippen LogP contribution in [0.15, 0.2) is 29.3 Å². The number of nitrogens with zero attached hydrogens (tertiary/aromatic N) is 1. The van der Waals surface area contributed by atoms with Gasteiger partial charge in [0.2, 0.25) is 0 Å². The maximum atomic E-state index is 11.9. The molecule has 0 aliphatic heterocycles. The number of aliphatic imine (C=N–C) groups is 1. The fraction of sp³-hybridized carbons (Fsp3) is 0.529. The zero-order chi connectivity index (χ0) is 16.9. The summed E-state index contributed by atoms with van der Waals surface area (Å²) in [5.74, 6) is 0.775. The van der Waals surface area contributed by atoms with Crippen molar-refractivity contribution < 1.29 is 9.90 Å². The van der Waals surface area contributed by atoms with Gasteiger partial charge in [0.05, 0.1) is 0 Å². The van der Waals surface area contributed by atoms with Crippen LogP contribution >= 0.6 is 24.0 Å². The summed E-state index contributed by atoms with van der Waals surface area (Å²) >= 11 is 0. The van der Waals surface area contributed by atoms with Crippen molar-refractivity contribution in [3.8, 4) is 5.75 Å². The first kappa shape index (κ1) is 22.5. The number of phenols is 1. The summed E-state index contributed by atoms with van der Waals surface area (Å²) in [5, 5.41) is 18.4. The number of hydrogen-bond acceptors (Lipinski definition) is 3. The normalized spacial score (nSPS) is 10.7. The van der Waals surface area contributed by atoms with E-state index < -0.39 is 0 Å². The van der Waals surface area contributed by atoms with E-state index in [0.29, 0.717) is 18.7 Å². The maximum Gasteiger partial charge on any atom is 0.251 e. The summed E-state index contributed by atoms with van der Waals surface area (Å²) in [6.45, 7) is 6.91. The van der Waals surface area contributed by atoms with Gasteiger partial charge in [0.15, 0.2) is 5.96 Å². The van der Waals surface area contributed by atoms with Crippen LogP contribution in [0.2, 0.25) is 0 Å². The number of nitrogens with one attached hydrogen (secondary N) is 3. The van der Waals surface area contributed by atoms with E-state index in [1.165, 1.54) is 25.0 Å². The molecule has 0 spiro atoms. The highest BCUT2D eigenvalue weighted by molar-refractivity contribution is 14.0. The van der Waals surface area contributed by atoms with Gasteiger partial charge in [-0.3, -0.25) is 9.79 Å². The number of phenolic OH excluding ortho intramolecular Hbond substituents is 1. The van der Waals surface area contributed by atoms with E-state index in [1.807, 2.05) is 6.92 Å². The molecule has 0 aliphatic carbocycles. The van der Waals surface area contributed by atoms with Crippen molar-refractivity contribution in [2.75, 3.05) is 26.2 Å². The van der Waals surface area contributed by atoms with Crippen LogP contribution < -0.4 is 16.0 Å². The van der Waals surface area contributed by atoms with Gasteiger partial charge in [-0.2, -0.15) is 0 Å². The van der Waals surface area contributed by atoms with Crippen molar-refractivity contribution in [2.45, 2.75) is 33.1 Å². The molecule has 0 saturated carbocycles. The predicted molar refractivity (Wildman–Crippen MR) is 109 cm³/mol. The van der Waals surface area contributed by atoms with Gasteiger partial charge in [-0.05, 0) is 37.6 Å². The summed E-state index contributed by atoms with van der Waals surface area (Å²) in [7, 11) is 0. The van der Waals surface area contributed by atoms with Crippen LogP contribution in [0, 0.1) is 0 Å². The number of benzene rings is 1. The number of guanidine groups is 1. The fourth-order valence-electron chi connectivity index (χ4n) is 1.97. The van der Waals surface area contributed by atoms with Crippen LogP contribution in [-0.4, -0.2) is 43.2 Å². The number of unbranched alkanes of at least 4 members (excludes halogenated alkanes) is 2. The zero-order valence-corrected chi connectivity index (χ0v) is 16.8. The summed E-state index contributed by atoms with van der Waals surface area (Å²) in [4.78, 5) is 16.4. The second-order valence-electron chi connectivity index (χ2n) is 5.20. The number of carbonyl (C=O) groups excluding carboxylic acids is 1. The monoisotopic (exact) mass is 448 g/mol. The molecule has 136 valence electrons. The third kappa shape index (κ3) is 9.59. The topological polar surface area (TPSA) is 85.8 Å². The number of aromatic hydroxyl groups is 1. The third-order valence-corrected chi connectivity index (χ3v) is 3.21. The molecule has 1 amide bonds. The Balaban J connectivity index is 0.00000529. The van der Waals surface area contributed by atoms with E-state index >= 15 is 0 Å². The molecule has 0 bridgehead atoms. The highest BCUT2D eigenvalue weighted by Crippen LogP contribution is 2.09. The largest absolute Gasteiger partial charge is 0.508 e. The van der Waals surface area contributed by atoms with Crippen molar-refractivity contribution >= 4 is 35.8 Å². The molecule has 4 N–H and O–H groups in total. The average Bonchev–Trinajstić information content (AvgIpc) is 2.55. The highest BCUT2D eigenvalue weighted by Gasteiger charge is 2.04. The molecule has 0 saturated heterocycles. The Morgan fingerprint density at radius 3 is 2.33 bits per heavy atom. The molecule has 1 rings (SSSR count). The van der Waals surface area contributed by atoms with E-state index in [2.05, 4.69) is 27.9 Å². The first-order valence-corrected chi connectivity index (χ1v) is 8.26. The van der Waals surface area contributed by atoms with Crippen LogP contribution in [0.25, 0.3) is 0 Å². The van der Waals surface area contributed by atoms with Gasteiger partial charge in [-0.1, -0.05) is 19.8 Å². The Bertz CT molecular complexity index is 492. The van der Waals surface area contributed by atoms with E-state index in [4.69, 9.17) is 0 Å². The molecule has 7 heteroatoms. The smallest absolute Gasteiger partial charge is 0.251 e. The number of halogens is 1. The van der Waals surface area contributed by atoms with Crippen molar-refractivity contribution in [1.29, 1.82) is 0 Å². The van der Waals surface area contributed by atoms with Crippen LogP contribution in [0.3, 0.4) is 0 Å². The van der Waals surface area contributed by atoms with Crippen LogP contribution in [0.1, 0.15) is 43.5 Å². The van der Waals surface area contributed by atoms with Gasteiger partial charge in [0.25, 0.3) is 5.91 Å². The quantitative estimate of drug-likeness (QED) is 0.202. The van der Waals surface area contributed by atoms with E-state index in [-0.39, 0.29) is 35.6 Å². The molecule has 0 atom stereocenters. The first-order chi connectivity index (χ1) is 11.2. The molecule has 0 heterocycles. The summed E-state index contributed by atoms with van der Waals surface area (Å²) < 4.78 is 0. The van der Waals surface area contributed by atoms with Gasteiger partial charge in [-0.25, -0.2) is 0 Å². The summed E-state index contributed by atoms with van der Waals surface area (Å²) in [6, 6.07) is 6.19. The second kappa shape index (κ2) is 13.9. The lowest BCUT2D eigenvalue weighted by Gasteiger charge is -2.12. The Kier molecular flexibility index (Phi) is 13.0. The molecule has 0 aromatic heterocycles. The minimum Gasteiger partial charge on any atom is -0.508 e. The molecule has 24 heavy (non-hydrogen) atoms. The third-order valence-electron chi connectivity index (χ3n) is 3.21. The van der Waals surface area contributed by atoms with E-state index in [1.54, 1.807) is 12.1 Å². The average molecular weight is 448 g/mol. The van der Waals surface area contributed by atoms with Gasteiger partial charge < -0.3 is 21.1 Å². The number of carbonyl (C=O) groups is 1. The van der Waals surface area contributed by atoms with Gasteiger partial charge in [0.1, 0.15) is 5.75 Å². The van der Waals surface area contributed by atoms with Gasteiger partial charge in [0, 0.05) is 31.7 Å². The standard InChI is InChI=1S/C17H28N4O2.HI/c1-3-5-6-11-20-17(18-4-2)21-13-12-19-16(23)14-7-9-15(22)10-8-14;/h7-10,22H,3-6,11-13H2,1-2H3,(H,19,23)(H2,18,20,21);1H. The molecule has 1 aromatic rings. The molecular weight excluding hydrogens is 419 g/mol. The van der Waals surface area contributed by atoms with Crippen LogP contribution in [0.5, 0.6) is 5.75 Å². The Morgan fingerprint density at radius 2 is 1.71 bits per heavy atom. The van der Waals surface area contributed by atoms with E-state index in [0.717, 1.165) is 25.5 Å². The van der Waals surface area contributed by atoms with Crippen molar-refractivity contribution in [3.05, 3.63) is 29.8 Å². The van der Waals surface area contributed by atoms with Crippen molar-refractivity contribution in [2.24, 2.45) is 4.99 Å². The molecule has 0 radical (unpaired) electrons. The highest BCUT2D eigenvalue weighted by atomic mass is 127. The Morgan fingerprint density at radius 1 is 1.04 bits per heavy atom. The van der Waals surface area contributed by atoms with Crippen molar-refractivity contribution in [1.82, 2.24) is 16.0 Å². The lowest BCUT2D eigenvalue weighted by molar-refractivity contribution is 0.0954. The Labute approximate surface area is 161 Å². The predicted octanol–water partition coefficient (Wildman–Crippen LogP) is 2.49. The second-order valence-corrected chi connectivity index (χ2v) is 5.20. The summed E-state index contributed by atoms with van der Waals surface area (Å²) in [5.41, 5.74) is 0.530. The molecule has 1 aromatic carbocycles. The lowest BCUT2D eigenvalue weighted by Crippen LogP contribution is -2.41. The van der Waals surface area contributed by atoms with Gasteiger partial charge >= 0.3 is 0 Å². The van der Waals surface area contributed by atoms with Crippen molar-refractivity contribution in [3.63, 3.8) is 0 Å². The maximum absolute atomic E-state index is 11.9. The minimum absolute atomic E-state index is 0.